The highest BCUT2D eigenvalue weighted by atomic mass is 35.5. The Kier molecular flexibility index (Phi) is 6.09. The van der Waals surface area contributed by atoms with Crippen LogP contribution < -0.4 is 10.6 Å². The van der Waals surface area contributed by atoms with Gasteiger partial charge in [0.05, 0.1) is 16.6 Å². The Labute approximate surface area is 157 Å². The number of nitrogens with one attached hydrogen (secondary N) is 2. The number of para-hydroxylation sites is 1. The zero-order chi connectivity index (χ0) is 18.6. The quantitative estimate of drug-likeness (QED) is 0.812. The van der Waals surface area contributed by atoms with Crippen molar-refractivity contribution in [3.63, 3.8) is 0 Å². The number of carbonyl (C=O) groups excluding carboxylic acids is 2. The maximum absolute atomic E-state index is 12.2. The van der Waals surface area contributed by atoms with Crippen LogP contribution in [0, 0.1) is 0 Å². The van der Waals surface area contributed by atoms with Crippen LogP contribution in [0.3, 0.4) is 0 Å². The molecule has 0 saturated heterocycles. The van der Waals surface area contributed by atoms with Gasteiger partial charge in [0.15, 0.2) is 0 Å². The van der Waals surface area contributed by atoms with Crippen LogP contribution in [0.25, 0.3) is 0 Å². The van der Waals surface area contributed by atoms with Gasteiger partial charge in [0.25, 0.3) is 5.91 Å². The van der Waals surface area contributed by atoms with Gasteiger partial charge in [-0.05, 0) is 35.2 Å². The molecular formula is C19H20Cl2N2O2. The van der Waals surface area contributed by atoms with Crippen LogP contribution in [-0.4, -0.2) is 18.4 Å². The molecule has 2 N–H and O–H groups in total. The fourth-order valence-corrected chi connectivity index (χ4v) is 2.64. The van der Waals surface area contributed by atoms with E-state index >= 15 is 0 Å². The van der Waals surface area contributed by atoms with Crippen LogP contribution in [0.15, 0.2) is 42.5 Å². The Bertz CT molecular complexity index is 798. The maximum atomic E-state index is 12.2. The molecule has 0 aliphatic rings. The highest BCUT2D eigenvalue weighted by Crippen LogP contribution is 2.29. The van der Waals surface area contributed by atoms with Crippen LogP contribution in [0.5, 0.6) is 0 Å². The zero-order valence-electron chi connectivity index (χ0n) is 14.3. The first-order chi connectivity index (χ1) is 11.7. The highest BCUT2D eigenvalue weighted by Gasteiger charge is 2.18. The molecule has 0 spiro atoms. The second-order valence-electron chi connectivity index (χ2n) is 6.66. The fourth-order valence-electron chi connectivity index (χ4n) is 2.34. The lowest BCUT2D eigenvalue weighted by molar-refractivity contribution is -0.115. The molecule has 0 atom stereocenters. The molecule has 0 aliphatic carbocycles. The molecule has 25 heavy (non-hydrogen) atoms. The molecule has 2 aromatic carbocycles. The molecular weight excluding hydrogens is 359 g/mol. The van der Waals surface area contributed by atoms with Crippen LogP contribution in [0.4, 0.5) is 5.69 Å². The number of benzene rings is 2. The van der Waals surface area contributed by atoms with Gasteiger partial charge in [-0.25, -0.2) is 0 Å². The van der Waals surface area contributed by atoms with Crippen molar-refractivity contribution in [2.24, 2.45) is 0 Å². The molecule has 0 unspecified atom stereocenters. The van der Waals surface area contributed by atoms with Gasteiger partial charge in [0, 0.05) is 11.3 Å². The summed E-state index contributed by atoms with van der Waals surface area (Å²) < 4.78 is 0. The van der Waals surface area contributed by atoms with E-state index in [9.17, 15) is 9.59 Å². The molecule has 2 aromatic rings. The standard InChI is InChI=1S/C19H20Cl2N2O2/c1-19(2,3)13-6-4-5-7-16(13)23-17(24)11-22-18(25)12-8-9-14(20)15(21)10-12/h4-10H,11H2,1-3H3,(H,22,25)(H,23,24). The number of rotatable bonds is 4. The van der Waals surface area contributed by atoms with Gasteiger partial charge in [-0.3, -0.25) is 9.59 Å². The minimum absolute atomic E-state index is 0.104. The monoisotopic (exact) mass is 378 g/mol. The van der Waals surface area contributed by atoms with Crippen molar-refractivity contribution in [1.82, 2.24) is 5.32 Å². The van der Waals surface area contributed by atoms with Crippen LogP contribution in [-0.2, 0) is 10.2 Å². The molecule has 0 saturated carbocycles. The topological polar surface area (TPSA) is 58.2 Å². The van der Waals surface area contributed by atoms with E-state index < -0.39 is 5.91 Å². The summed E-state index contributed by atoms with van der Waals surface area (Å²) >= 11 is 11.7. The van der Waals surface area contributed by atoms with Gasteiger partial charge in [-0.2, -0.15) is 0 Å². The molecule has 0 heterocycles. The number of hydrogen-bond donors (Lipinski definition) is 2. The second kappa shape index (κ2) is 7.89. The van der Waals surface area contributed by atoms with Gasteiger partial charge in [0.2, 0.25) is 5.91 Å². The zero-order valence-corrected chi connectivity index (χ0v) is 15.8. The Morgan fingerprint density at radius 3 is 2.32 bits per heavy atom. The van der Waals surface area contributed by atoms with Crippen molar-refractivity contribution in [3.05, 3.63) is 63.6 Å². The maximum Gasteiger partial charge on any atom is 0.251 e. The summed E-state index contributed by atoms with van der Waals surface area (Å²) in [6.45, 7) is 6.08. The smallest absolute Gasteiger partial charge is 0.251 e. The first-order valence-electron chi connectivity index (χ1n) is 7.81. The van der Waals surface area contributed by atoms with E-state index in [2.05, 4.69) is 31.4 Å². The minimum Gasteiger partial charge on any atom is -0.343 e. The molecule has 2 amide bonds. The molecule has 0 aliphatic heterocycles. The Morgan fingerprint density at radius 1 is 1.00 bits per heavy atom. The van der Waals surface area contributed by atoms with E-state index in [4.69, 9.17) is 23.2 Å². The van der Waals surface area contributed by atoms with Gasteiger partial charge in [-0.15, -0.1) is 0 Å². The Hall–Kier alpha value is -2.04. The van der Waals surface area contributed by atoms with Crippen molar-refractivity contribution in [3.8, 4) is 0 Å². The molecule has 4 nitrogen and oxygen atoms in total. The molecule has 0 radical (unpaired) electrons. The lowest BCUT2D eigenvalue weighted by atomic mass is 9.86. The van der Waals surface area contributed by atoms with E-state index in [1.54, 1.807) is 12.1 Å². The average molecular weight is 379 g/mol. The average Bonchev–Trinajstić information content (AvgIpc) is 2.54. The van der Waals surface area contributed by atoms with Gasteiger partial charge >= 0.3 is 0 Å². The van der Waals surface area contributed by atoms with Crippen molar-refractivity contribution < 1.29 is 9.59 Å². The van der Waals surface area contributed by atoms with E-state index in [1.165, 1.54) is 6.07 Å². The number of hydrogen-bond acceptors (Lipinski definition) is 2. The number of halogens is 2. The normalized spacial score (nSPS) is 11.1. The summed E-state index contributed by atoms with van der Waals surface area (Å²) in [5, 5.41) is 6.07. The number of carbonyl (C=O) groups is 2. The van der Waals surface area contributed by atoms with Crippen molar-refractivity contribution in [2.45, 2.75) is 26.2 Å². The predicted octanol–water partition coefficient (Wildman–Crippen LogP) is 4.66. The van der Waals surface area contributed by atoms with Crippen molar-refractivity contribution in [1.29, 1.82) is 0 Å². The molecule has 2 rings (SSSR count). The van der Waals surface area contributed by atoms with Gasteiger partial charge in [0.1, 0.15) is 0 Å². The van der Waals surface area contributed by atoms with E-state index in [0.29, 0.717) is 10.6 Å². The summed E-state index contributed by atoms with van der Waals surface area (Å²) in [6, 6.07) is 12.2. The Morgan fingerprint density at radius 2 is 1.68 bits per heavy atom. The van der Waals surface area contributed by atoms with Crippen molar-refractivity contribution >= 4 is 40.7 Å². The van der Waals surface area contributed by atoms with Gasteiger partial charge in [-0.1, -0.05) is 62.2 Å². The van der Waals surface area contributed by atoms with Crippen molar-refractivity contribution in [2.75, 3.05) is 11.9 Å². The molecule has 132 valence electrons. The van der Waals surface area contributed by atoms with E-state index in [0.717, 1.165) is 11.3 Å². The summed E-state index contributed by atoms with van der Waals surface area (Å²) in [4.78, 5) is 24.3. The van der Waals surface area contributed by atoms with Crippen LogP contribution in [0.1, 0.15) is 36.7 Å². The third-order valence-corrected chi connectivity index (χ3v) is 4.34. The lowest BCUT2D eigenvalue weighted by Gasteiger charge is -2.23. The summed E-state index contributed by atoms with van der Waals surface area (Å²) in [7, 11) is 0. The SMILES string of the molecule is CC(C)(C)c1ccccc1NC(=O)CNC(=O)c1ccc(Cl)c(Cl)c1. The fraction of sp³-hybridized carbons (Fsp3) is 0.263. The molecule has 0 aromatic heterocycles. The largest absolute Gasteiger partial charge is 0.343 e. The second-order valence-corrected chi connectivity index (χ2v) is 7.47. The summed E-state index contributed by atoms with van der Waals surface area (Å²) in [5.74, 6) is -0.692. The predicted molar refractivity (Wildman–Crippen MR) is 103 cm³/mol. The third kappa shape index (κ3) is 5.21. The van der Waals surface area contributed by atoms with Gasteiger partial charge < -0.3 is 10.6 Å². The summed E-state index contributed by atoms with van der Waals surface area (Å²) in [6.07, 6.45) is 0. The summed E-state index contributed by atoms with van der Waals surface area (Å²) in [5.41, 5.74) is 2.01. The Balaban J connectivity index is 1.99. The van der Waals surface area contributed by atoms with Crippen LogP contribution >= 0.6 is 23.2 Å². The molecule has 0 bridgehead atoms. The number of anilines is 1. The highest BCUT2D eigenvalue weighted by molar-refractivity contribution is 6.42. The van der Waals surface area contributed by atoms with E-state index in [1.807, 2.05) is 24.3 Å². The minimum atomic E-state index is -0.391. The number of amides is 2. The molecule has 6 heteroatoms. The van der Waals surface area contributed by atoms with E-state index in [-0.39, 0.29) is 22.9 Å². The first kappa shape index (κ1) is 19.3. The lowest BCUT2D eigenvalue weighted by Crippen LogP contribution is -2.33. The van der Waals surface area contributed by atoms with Crippen LogP contribution in [0.2, 0.25) is 10.0 Å². The first-order valence-corrected chi connectivity index (χ1v) is 8.56. The molecule has 0 fully saturated rings. The third-order valence-electron chi connectivity index (χ3n) is 3.60.